The van der Waals surface area contributed by atoms with E-state index in [0.29, 0.717) is 12.5 Å². The molecule has 3 rings (SSSR count). The fraction of sp³-hybridized carbons (Fsp3) is 0.500. The molecule has 6 nitrogen and oxygen atoms in total. The van der Waals surface area contributed by atoms with Gasteiger partial charge in [0.1, 0.15) is 23.8 Å². The van der Waals surface area contributed by atoms with Crippen molar-refractivity contribution in [3.63, 3.8) is 0 Å². The van der Waals surface area contributed by atoms with Crippen LogP contribution in [-0.2, 0) is 0 Å². The average molecular weight is 373 g/mol. The van der Waals surface area contributed by atoms with Crippen LogP contribution in [0.1, 0.15) is 24.4 Å². The molecule has 1 saturated heterocycles. The molecule has 2 aromatic rings. The molecule has 1 fully saturated rings. The number of likely N-dealkylation sites (N-methyl/N-ethyl adjacent to an activating group) is 1. The third kappa shape index (κ3) is 5.14. The lowest BCUT2D eigenvalue weighted by Crippen LogP contribution is -2.37. The van der Waals surface area contributed by atoms with Gasteiger partial charge in [-0.25, -0.2) is 14.4 Å². The number of aromatic nitrogens is 2. The largest absolute Gasteiger partial charge is 0.396 e. The number of hydrogen-bond acceptors (Lipinski definition) is 6. The van der Waals surface area contributed by atoms with E-state index in [9.17, 15) is 9.50 Å². The van der Waals surface area contributed by atoms with Crippen molar-refractivity contribution in [3.8, 4) is 0 Å². The fourth-order valence-corrected chi connectivity index (χ4v) is 3.52. The first kappa shape index (κ1) is 19.5. The molecule has 146 valence electrons. The highest BCUT2D eigenvalue weighted by atomic mass is 19.1. The number of anilines is 2. The fourth-order valence-electron chi connectivity index (χ4n) is 3.52. The van der Waals surface area contributed by atoms with E-state index >= 15 is 0 Å². The molecule has 0 bridgehead atoms. The van der Waals surface area contributed by atoms with Gasteiger partial charge in [-0.1, -0.05) is 12.1 Å². The summed E-state index contributed by atoms with van der Waals surface area (Å²) < 4.78 is 13.2. The van der Waals surface area contributed by atoms with Gasteiger partial charge in [-0.3, -0.25) is 0 Å². The van der Waals surface area contributed by atoms with E-state index in [1.807, 2.05) is 32.3 Å². The van der Waals surface area contributed by atoms with Crippen molar-refractivity contribution in [2.24, 2.45) is 5.92 Å². The summed E-state index contributed by atoms with van der Waals surface area (Å²) in [6.07, 6.45) is 3.69. The van der Waals surface area contributed by atoms with E-state index in [0.717, 1.165) is 43.1 Å². The minimum absolute atomic E-state index is 0.0952. The first-order chi connectivity index (χ1) is 13.1. The molecule has 0 saturated carbocycles. The average Bonchev–Trinajstić information content (AvgIpc) is 2.69. The molecule has 2 unspecified atom stereocenters. The summed E-state index contributed by atoms with van der Waals surface area (Å²) in [7, 11) is 4.01. The van der Waals surface area contributed by atoms with Crippen LogP contribution in [0.15, 0.2) is 36.7 Å². The smallest absolute Gasteiger partial charge is 0.134 e. The Balaban J connectivity index is 1.67. The molecule has 0 amide bonds. The molecule has 0 spiro atoms. The van der Waals surface area contributed by atoms with Gasteiger partial charge < -0.3 is 20.2 Å². The summed E-state index contributed by atoms with van der Waals surface area (Å²) in [4.78, 5) is 13.0. The Morgan fingerprint density at radius 1 is 1.30 bits per heavy atom. The van der Waals surface area contributed by atoms with Crippen molar-refractivity contribution in [2.45, 2.75) is 18.9 Å². The van der Waals surface area contributed by atoms with Crippen LogP contribution >= 0.6 is 0 Å². The predicted molar refractivity (Wildman–Crippen MR) is 105 cm³/mol. The van der Waals surface area contributed by atoms with E-state index in [4.69, 9.17) is 0 Å². The van der Waals surface area contributed by atoms with Crippen molar-refractivity contribution < 1.29 is 9.50 Å². The van der Waals surface area contributed by atoms with Gasteiger partial charge in [0.15, 0.2) is 0 Å². The van der Waals surface area contributed by atoms with Gasteiger partial charge in [-0.2, -0.15) is 0 Å². The Morgan fingerprint density at radius 2 is 2.07 bits per heavy atom. The standard InChI is InChI=1S/C20H28FN5O/c1-25(2)18(16-5-7-17(21)8-6-16)11-22-19-10-20(24-14-23-19)26-9-3-4-15(12-26)13-27/h5-8,10,14-15,18,27H,3-4,9,11-13H2,1-2H3,(H,22,23,24). The SMILES string of the molecule is CN(C)C(CNc1cc(N2CCCC(CO)C2)ncn1)c1ccc(F)cc1. The maximum absolute atomic E-state index is 13.2. The Hall–Kier alpha value is -2.25. The molecular weight excluding hydrogens is 345 g/mol. The zero-order chi connectivity index (χ0) is 19.2. The summed E-state index contributed by atoms with van der Waals surface area (Å²) >= 11 is 0. The van der Waals surface area contributed by atoms with E-state index in [1.165, 1.54) is 12.1 Å². The van der Waals surface area contributed by atoms with Gasteiger partial charge in [0.2, 0.25) is 0 Å². The second kappa shape index (κ2) is 9.10. The zero-order valence-electron chi connectivity index (χ0n) is 16.0. The number of benzene rings is 1. The summed E-state index contributed by atoms with van der Waals surface area (Å²) in [5.41, 5.74) is 1.05. The van der Waals surface area contributed by atoms with Crippen LogP contribution in [0, 0.1) is 11.7 Å². The van der Waals surface area contributed by atoms with Crippen LogP contribution in [0.5, 0.6) is 0 Å². The van der Waals surface area contributed by atoms with Crippen LogP contribution in [0.2, 0.25) is 0 Å². The van der Waals surface area contributed by atoms with Crippen molar-refractivity contribution in [1.29, 1.82) is 0 Å². The number of aliphatic hydroxyl groups is 1. The topological polar surface area (TPSA) is 64.5 Å². The molecule has 0 aliphatic carbocycles. The molecule has 2 atom stereocenters. The number of piperidine rings is 1. The zero-order valence-corrected chi connectivity index (χ0v) is 16.0. The quantitative estimate of drug-likeness (QED) is 0.778. The molecule has 1 aliphatic rings. The molecular formula is C20H28FN5O. The lowest BCUT2D eigenvalue weighted by molar-refractivity contribution is 0.208. The Labute approximate surface area is 160 Å². The van der Waals surface area contributed by atoms with Crippen molar-refractivity contribution in [3.05, 3.63) is 48.0 Å². The summed E-state index contributed by atoms with van der Waals surface area (Å²) in [6, 6.07) is 8.66. The van der Waals surface area contributed by atoms with E-state index in [2.05, 4.69) is 25.1 Å². The maximum Gasteiger partial charge on any atom is 0.134 e. The highest BCUT2D eigenvalue weighted by Crippen LogP contribution is 2.23. The van der Waals surface area contributed by atoms with Crippen LogP contribution in [0.4, 0.5) is 16.0 Å². The van der Waals surface area contributed by atoms with Crippen molar-refractivity contribution in [2.75, 3.05) is 50.6 Å². The first-order valence-corrected chi connectivity index (χ1v) is 9.40. The second-order valence-electron chi connectivity index (χ2n) is 7.31. The second-order valence-corrected chi connectivity index (χ2v) is 7.31. The van der Waals surface area contributed by atoms with E-state index in [-0.39, 0.29) is 18.5 Å². The molecule has 1 aliphatic heterocycles. The molecule has 1 aromatic heterocycles. The van der Waals surface area contributed by atoms with Crippen molar-refractivity contribution in [1.82, 2.24) is 14.9 Å². The van der Waals surface area contributed by atoms with Crippen molar-refractivity contribution >= 4 is 11.6 Å². The Bertz CT molecular complexity index is 725. The highest BCUT2D eigenvalue weighted by Gasteiger charge is 2.21. The Kier molecular flexibility index (Phi) is 6.58. The molecule has 7 heteroatoms. The summed E-state index contributed by atoms with van der Waals surface area (Å²) in [5, 5.41) is 12.8. The van der Waals surface area contributed by atoms with Crippen LogP contribution < -0.4 is 10.2 Å². The number of rotatable bonds is 7. The molecule has 2 heterocycles. The van der Waals surface area contributed by atoms with Crippen LogP contribution in [0.3, 0.4) is 0 Å². The van der Waals surface area contributed by atoms with E-state index in [1.54, 1.807) is 6.33 Å². The number of aliphatic hydroxyl groups excluding tert-OH is 1. The van der Waals surface area contributed by atoms with Crippen LogP contribution in [0.25, 0.3) is 0 Å². The van der Waals surface area contributed by atoms with E-state index < -0.39 is 0 Å². The summed E-state index contributed by atoms with van der Waals surface area (Å²) in [6.45, 7) is 2.63. The molecule has 27 heavy (non-hydrogen) atoms. The Morgan fingerprint density at radius 3 is 2.78 bits per heavy atom. The normalized spacial score (nSPS) is 18.6. The predicted octanol–water partition coefficient (Wildman–Crippen LogP) is 2.54. The minimum Gasteiger partial charge on any atom is -0.396 e. The number of halogens is 1. The van der Waals surface area contributed by atoms with Gasteiger partial charge in [-0.05, 0) is 50.6 Å². The number of nitrogens with one attached hydrogen (secondary N) is 1. The lowest BCUT2D eigenvalue weighted by Gasteiger charge is -2.32. The van der Waals surface area contributed by atoms with Gasteiger partial charge in [-0.15, -0.1) is 0 Å². The molecule has 2 N–H and O–H groups in total. The van der Waals surface area contributed by atoms with Crippen LogP contribution in [-0.4, -0.2) is 60.3 Å². The third-order valence-electron chi connectivity index (χ3n) is 5.11. The lowest BCUT2D eigenvalue weighted by atomic mass is 9.99. The molecule has 0 radical (unpaired) electrons. The summed E-state index contributed by atoms with van der Waals surface area (Å²) in [5.74, 6) is 1.73. The number of hydrogen-bond donors (Lipinski definition) is 2. The highest BCUT2D eigenvalue weighted by molar-refractivity contribution is 5.49. The third-order valence-corrected chi connectivity index (χ3v) is 5.11. The van der Waals surface area contributed by atoms with Gasteiger partial charge in [0.05, 0.1) is 6.04 Å². The first-order valence-electron chi connectivity index (χ1n) is 9.40. The van der Waals surface area contributed by atoms with Gasteiger partial charge in [0.25, 0.3) is 0 Å². The number of nitrogens with zero attached hydrogens (tertiary/aromatic N) is 4. The molecule has 1 aromatic carbocycles. The minimum atomic E-state index is -0.229. The van der Waals surface area contributed by atoms with Gasteiger partial charge in [0, 0.05) is 32.3 Å². The van der Waals surface area contributed by atoms with Gasteiger partial charge >= 0.3 is 0 Å². The maximum atomic E-state index is 13.2. The monoisotopic (exact) mass is 373 g/mol.